The molecule has 178 valence electrons. The molecule has 0 saturated carbocycles. The number of likely N-dealkylation sites (tertiary alicyclic amines) is 1. The van der Waals surface area contributed by atoms with Crippen LogP contribution in [0.2, 0.25) is 0 Å². The third-order valence-corrected chi connectivity index (χ3v) is 7.05. The van der Waals surface area contributed by atoms with Crippen LogP contribution in [0.3, 0.4) is 0 Å². The van der Waals surface area contributed by atoms with Crippen LogP contribution in [0, 0.1) is 0 Å². The minimum atomic E-state index is -3.53. The monoisotopic (exact) mass is 479 g/mol. The minimum Gasteiger partial charge on any atom is -0.497 e. The van der Waals surface area contributed by atoms with E-state index in [1.807, 2.05) is 36.4 Å². The molecule has 1 fully saturated rings. The number of hydrogen-bond donors (Lipinski definition) is 2. The van der Waals surface area contributed by atoms with Crippen LogP contribution in [-0.4, -0.2) is 56.6 Å². The van der Waals surface area contributed by atoms with Gasteiger partial charge in [-0.15, -0.1) is 0 Å². The summed E-state index contributed by atoms with van der Waals surface area (Å²) in [6, 6.07) is 14.3. The highest BCUT2D eigenvalue weighted by Gasteiger charge is 2.16. The summed E-state index contributed by atoms with van der Waals surface area (Å²) in [5, 5.41) is 3.09. The van der Waals surface area contributed by atoms with E-state index in [1.54, 1.807) is 43.8 Å². The van der Waals surface area contributed by atoms with Crippen molar-refractivity contribution in [3.05, 3.63) is 72.1 Å². The van der Waals surface area contributed by atoms with Crippen LogP contribution in [0.4, 0.5) is 11.6 Å². The van der Waals surface area contributed by atoms with Gasteiger partial charge in [0.05, 0.1) is 12.0 Å². The van der Waals surface area contributed by atoms with Crippen molar-refractivity contribution in [2.75, 3.05) is 38.6 Å². The van der Waals surface area contributed by atoms with Gasteiger partial charge in [-0.25, -0.2) is 23.1 Å². The van der Waals surface area contributed by atoms with Crippen LogP contribution in [0.25, 0.3) is 12.2 Å². The molecule has 2 aromatic carbocycles. The fraction of sp³-hybridized carbons (Fsp3) is 0.280. The van der Waals surface area contributed by atoms with E-state index in [2.05, 4.69) is 24.9 Å². The SMILES string of the molecule is COc1cccc(/C=C/c2cnc(Nc3ccc(S(=O)(=O)NCCN4CCCC4)cc3)nc2)c1. The Bertz CT molecular complexity index is 1210. The molecule has 8 nitrogen and oxygen atoms in total. The van der Waals surface area contributed by atoms with Gasteiger partial charge in [-0.1, -0.05) is 24.3 Å². The van der Waals surface area contributed by atoms with Crippen molar-refractivity contribution in [1.82, 2.24) is 19.6 Å². The van der Waals surface area contributed by atoms with Gasteiger partial charge in [0.25, 0.3) is 0 Å². The Morgan fingerprint density at radius 2 is 1.71 bits per heavy atom. The van der Waals surface area contributed by atoms with Crippen molar-refractivity contribution in [3.8, 4) is 5.75 Å². The van der Waals surface area contributed by atoms with Crippen LogP contribution in [-0.2, 0) is 10.0 Å². The molecule has 2 N–H and O–H groups in total. The van der Waals surface area contributed by atoms with Gasteiger partial charge in [0.2, 0.25) is 16.0 Å². The van der Waals surface area contributed by atoms with Crippen LogP contribution in [0.1, 0.15) is 24.0 Å². The molecular formula is C25H29N5O3S. The smallest absolute Gasteiger partial charge is 0.240 e. The van der Waals surface area contributed by atoms with Gasteiger partial charge in [-0.3, -0.25) is 0 Å². The number of methoxy groups -OCH3 is 1. The maximum Gasteiger partial charge on any atom is 0.240 e. The Morgan fingerprint density at radius 3 is 2.41 bits per heavy atom. The zero-order valence-corrected chi connectivity index (χ0v) is 20.0. The van der Waals surface area contributed by atoms with Crippen molar-refractivity contribution in [3.63, 3.8) is 0 Å². The molecule has 2 heterocycles. The Balaban J connectivity index is 1.31. The van der Waals surface area contributed by atoms with Gasteiger partial charge in [0, 0.05) is 36.7 Å². The van der Waals surface area contributed by atoms with Gasteiger partial charge < -0.3 is 15.0 Å². The first-order valence-electron chi connectivity index (χ1n) is 11.3. The third-order valence-electron chi connectivity index (χ3n) is 5.57. The normalized spacial score (nSPS) is 14.5. The molecule has 0 spiro atoms. The summed E-state index contributed by atoms with van der Waals surface area (Å²) in [7, 11) is -1.89. The summed E-state index contributed by atoms with van der Waals surface area (Å²) in [6.45, 7) is 3.24. The standard InChI is InChI=1S/C25H29N5O3S/c1-33-23-6-4-5-20(17-23)7-8-21-18-26-25(27-19-21)29-22-9-11-24(12-10-22)34(31,32)28-13-16-30-14-2-3-15-30/h4-12,17-19,28H,2-3,13-16H2,1H3,(H,26,27,29)/b8-7+. The Morgan fingerprint density at radius 1 is 1.00 bits per heavy atom. The van der Waals surface area contributed by atoms with Gasteiger partial charge >= 0.3 is 0 Å². The lowest BCUT2D eigenvalue weighted by Gasteiger charge is -2.15. The number of nitrogens with one attached hydrogen (secondary N) is 2. The van der Waals surface area contributed by atoms with Gasteiger partial charge in [0.1, 0.15) is 5.75 Å². The maximum atomic E-state index is 12.5. The molecule has 1 aromatic heterocycles. The Hall–Kier alpha value is -3.27. The first kappa shape index (κ1) is 23.9. The van der Waals surface area contributed by atoms with Crippen LogP contribution in [0.5, 0.6) is 5.75 Å². The topological polar surface area (TPSA) is 96.4 Å². The maximum absolute atomic E-state index is 12.5. The van der Waals surface area contributed by atoms with E-state index in [0.717, 1.165) is 36.5 Å². The van der Waals surface area contributed by atoms with Gasteiger partial charge in [-0.05, 0) is 67.9 Å². The number of anilines is 2. The van der Waals surface area contributed by atoms with Crippen LogP contribution < -0.4 is 14.8 Å². The highest BCUT2D eigenvalue weighted by molar-refractivity contribution is 7.89. The number of hydrogen-bond acceptors (Lipinski definition) is 7. The molecule has 0 bridgehead atoms. The zero-order chi connectivity index (χ0) is 23.8. The van der Waals surface area contributed by atoms with Crippen molar-refractivity contribution < 1.29 is 13.2 Å². The highest BCUT2D eigenvalue weighted by atomic mass is 32.2. The van der Waals surface area contributed by atoms with E-state index >= 15 is 0 Å². The molecule has 0 aliphatic carbocycles. The van der Waals surface area contributed by atoms with Crippen molar-refractivity contribution >= 4 is 33.8 Å². The van der Waals surface area contributed by atoms with Crippen molar-refractivity contribution in [1.29, 1.82) is 0 Å². The van der Waals surface area contributed by atoms with E-state index in [9.17, 15) is 8.42 Å². The van der Waals surface area contributed by atoms with E-state index in [4.69, 9.17) is 4.74 Å². The van der Waals surface area contributed by atoms with E-state index < -0.39 is 10.0 Å². The first-order valence-corrected chi connectivity index (χ1v) is 12.7. The molecule has 0 atom stereocenters. The average molecular weight is 480 g/mol. The lowest BCUT2D eigenvalue weighted by molar-refractivity contribution is 0.344. The second-order valence-electron chi connectivity index (χ2n) is 8.05. The molecule has 1 aliphatic heterocycles. The lowest BCUT2D eigenvalue weighted by atomic mass is 10.2. The van der Waals surface area contributed by atoms with E-state index in [0.29, 0.717) is 18.2 Å². The average Bonchev–Trinajstić information content (AvgIpc) is 3.37. The number of rotatable bonds is 10. The molecule has 0 amide bonds. The molecular weight excluding hydrogens is 450 g/mol. The summed E-state index contributed by atoms with van der Waals surface area (Å²) in [4.78, 5) is 11.2. The van der Waals surface area contributed by atoms with Gasteiger partial charge in [-0.2, -0.15) is 0 Å². The molecule has 9 heteroatoms. The summed E-state index contributed by atoms with van der Waals surface area (Å²) in [6.07, 6.45) is 9.70. The molecule has 1 aliphatic rings. The molecule has 0 radical (unpaired) electrons. The molecule has 1 saturated heterocycles. The highest BCUT2D eigenvalue weighted by Crippen LogP contribution is 2.18. The quantitative estimate of drug-likeness (QED) is 0.457. The second-order valence-corrected chi connectivity index (χ2v) is 9.81. The molecule has 4 rings (SSSR count). The number of benzene rings is 2. The summed E-state index contributed by atoms with van der Waals surface area (Å²) in [5.74, 6) is 1.23. The van der Waals surface area contributed by atoms with E-state index in [1.165, 1.54) is 12.8 Å². The second kappa shape index (κ2) is 11.2. The van der Waals surface area contributed by atoms with Crippen molar-refractivity contribution in [2.24, 2.45) is 0 Å². The van der Waals surface area contributed by atoms with Gasteiger partial charge in [0.15, 0.2) is 0 Å². The number of sulfonamides is 1. The summed E-state index contributed by atoms with van der Waals surface area (Å²) < 4.78 is 33.0. The van der Waals surface area contributed by atoms with Crippen LogP contribution >= 0.6 is 0 Å². The zero-order valence-electron chi connectivity index (χ0n) is 19.1. The van der Waals surface area contributed by atoms with Crippen molar-refractivity contribution in [2.45, 2.75) is 17.7 Å². The molecule has 0 unspecified atom stereocenters. The number of ether oxygens (including phenoxy) is 1. The predicted molar refractivity (Wildman–Crippen MR) is 135 cm³/mol. The lowest BCUT2D eigenvalue weighted by Crippen LogP contribution is -2.33. The summed E-state index contributed by atoms with van der Waals surface area (Å²) >= 11 is 0. The molecule has 3 aromatic rings. The number of nitrogens with zero attached hydrogens (tertiary/aromatic N) is 3. The number of aromatic nitrogens is 2. The third kappa shape index (κ3) is 6.63. The fourth-order valence-electron chi connectivity index (χ4n) is 3.70. The molecule has 34 heavy (non-hydrogen) atoms. The minimum absolute atomic E-state index is 0.235. The van der Waals surface area contributed by atoms with Crippen LogP contribution in [0.15, 0.2) is 65.8 Å². The fourth-order valence-corrected chi connectivity index (χ4v) is 4.72. The summed E-state index contributed by atoms with van der Waals surface area (Å²) in [5.41, 5.74) is 2.58. The first-order chi connectivity index (χ1) is 16.5. The van der Waals surface area contributed by atoms with E-state index in [-0.39, 0.29) is 4.90 Å². The Labute approximate surface area is 200 Å². The predicted octanol–water partition coefficient (Wildman–Crippen LogP) is 3.77. The largest absolute Gasteiger partial charge is 0.497 e. The Kier molecular flexibility index (Phi) is 7.89.